The van der Waals surface area contributed by atoms with Crippen molar-refractivity contribution in [2.75, 3.05) is 12.3 Å². The Hall–Kier alpha value is -2.00. The highest BCUT2D eigenvalue weighted by atomic mass is 32.2. The van der Waals surface area contributed by atoms with E-state index in [0.717, 1.165) is 12.3 Å². The molecule has 0 bridgehead atoms. The highest BCUT2D eigenvalue weighted by Crippen LogP contribution is 2.28. The maximum Gasteiger partial charge on any atom is 0.331 e. The van der Waals surface area contributed by atoms with Crippen LogP contribution in [0.4, 0.5) is 11.4 Å². The zero-order valence-corrected chi connectivity index (χ0v) is 9.38. The summed E-state index contributed by atoms with van der Waals surface area (Å²) in [6, 6.07) is 1.13. The Morgan fingerprint density at radius 1 is 1.65 bits per heavy atom. The highest BCUT2D eigenvalue weighted by Gasteiger charge is 2.30. The smallest absolute Gasteiger partial charge is 0.331 e. The number of hydrogen-bond donors (Lipinski definition) is 1. The third-order valence-electron chi connectivity index (χ3n) is 1.68. The van der Waals surface area contributed by atoms with E-state index in [2.05, 4.69) is 15.7 Å². The summed E-state index contributed by atoms with van der Waals surface area (Å²) in [4.78, 5) is 13.2. The Bertz CT molecular complexity index is 554. The summed E-state index contributed by atoms with van der Waals surface area (Å²) in [5.41, 5.74) is 4.23. The molecule has 0 unspecified atom stereocenters. The maximum atomic E-state index is 11.6. The molecule has 1 rings (SSSR count). The second-order valence-electron chi connectivity index (χ2n) is 2.84. The topological polar surface area (TPSA) is 125 Å². The Labute approximate surface area is 97.0 Å². The second-order valence-corrected chi connectivity index (χ2v) is 4.37. The standard InChI is InChI=1S/C8H9N3O5S/c1-2-5-16-17(14,15)8-7(11(12)13)6(9)3-4-10-8/h2-4H,1,5H2,(H2,9,10). The van der Waals surface area contributed by atoms with Crippen LogP contribution in [0.3, 0.4) is 0 Å². The molecular formula is C8H9N3O5S. The third-order valence-corrected chi connectivity index (χ3v) is 2.90. The average Bonchev–Trinajstić information content (AvgIpc) is 2.25. The molecule has 0 aliphatic heterocycles. The molecular weight excluding hydrogens is 250 g/mol. The monoisotopic (exact) mass is 259 g/mol. The van der Waals surface area contributed by atoms with Crippen LogP contribution in [0.1, 0.15) is 0 Å². The molecule has 1 aromatic rings. The van der Waals surface area contributed by atoms with Crippen molar-refractivity contribution >= 4 is 21.5 Å². The molecule has 17 heavy (non-hydrogen) atoms. The summed E-state index contributed by atoms with van der Waals surface area (Å²) >= 11 is 0. The molecule has 0 aliphatic carbocycles. The molecule has 0 fully saturated rings. The molecule has 0 saturated carbocycles. The molecule has 1 aromatic heterocycles. The maximum absolute atomic E-state index is 11.6. The minimum absolute atomic E-state index is 0.300. The van der Waals surface area contributed by atoms with Gasteiger partial charge in [-0.15, -0.1) is 6.58 Å². The van der Waals surface area contributed by atoms with Crippen LogP contribution in [0.25, 0.3) is 0 Å². The van der Waals surface area contributed by atoms with E-state index in [0.29, 0.717) is 0 Å². The molecule has 0 spiro atoms. The van der Waals surface area contributed by atoms with E-state index in [-0.39, 0.29) is 12.3 Å². The number of nitrogens with zero attached hydrogens (tertiary/aromatic N) is 2. The van der Waals surface area contributed by atoms with Gasteiger partial charge in [0, 0.05) is 6.20 Å². The van der Waals surface area contributed by atoms with Gasteiger partial charge in [-0.2, -0.15) is 8.42 Å². The zero-order chi connectivity index (χ0) is 13.1. The van der Waals surface area contributed by atoms with Crippen LogP contribution in [-0.2, 0) is 14.3 Å². The van der Waals surface area contributed by atoms with Crippen molar-refractivity contribution in [3.05, 3.63) is 35.0 Å². The van der Waals surface area contributed by atoms with Gasteiger partial charge < -0.3 is 5.73 Å². The van der Waals surface area contributed by atoms with E-state index >= 15 is 0 Å². The first kappa shape index (κ1) is 13.1. The fourth-order valence-corrected chi connectivity index (χ4v) is 2.01. The number of anilines is 1. The van der Waals surface area contributed by atoms with Gasteiger partial charge >= 0.3 is 15.8 Å². The Kier molecular flexibility index (Phi) is 3.76. The van der Waals surface area contributed by atoms with Crippen molar-refractivity contribution in [2.45, 2.75) is 5.03 Å². The van der Waals surface area contributed by atoms with Crippen molar-refractivity contribution in [3.8, 4) is 0 Å². The molecule has 0 aromatic carbocycles. The van der Waals surface area contributed by atoms with Crippen molar-refractivity contribution in [1.29, 1.82) is 0 Å². The van der Waals surface area contributed by atoms with Crippen LogP contribution in [0.5, 0.6) is 0 Å². The van der Waals surface area contributed by atoms with Crippen molar-refractivity contribution in [3.63, 3.8) is 0 Å². The number of aromatic nitrogens is 1. The molecule has 92 valence electrons. The summed E-state index contributed by atoms with van der Waals surface area (Å²) in [7, 11) is -4.32. The molecule has 1 heterocycles. The molecule has 0 aliphatic rings. The number of nitrogens with two attached hydrogens (primary N) is 1. The molecule has 0 atom stereocenters. The summed E-state index contributed by atoms with van der Waals surface area (Å²) in [5.74, 6) is 0. The lowest BCUT2D eigenvalue weighted by molar-refractivity contribution is -0.387. The predicted molar refractivity (Wildman–Crippen MR) is 58.6 cm³/mol. The van der Waals surface area contributed by atoms with Crippen LogP contribution in [-0.4, -0.2) is 24.9 Å². The van der Waals surface area contributed by atoms with Gasteiger partial charge in [-0.1, -0.05) is 6.08 Å². The van der Waals surface area contributed by atoms with E-state index < -0.39 is 25.8 Å². The first-order chi connectivity index (χ1) is 7.90. The van der Waals surface area contributed by atoms with Gasteiger partial charge in [-0.05, 0) is 6.07 Å². The van der Waals surface area contributed by atoms with E-state index in [1.165, 1.54) is 6.08 Å². The molecule has 0 amide bonds. The van der Waals surface area contributed by atoms with Crippen molar-refractivity contribution in [2.24, 2.45) is 0 Å². The van der Waals surface area contributed by atoms with Crippen LogP contribution in [0.15, 0.2) is 29.9 Å². The van der Waals surface area contributed by atoms with Crippen molar-refractivity contribution in [1.82, 2.24) is 4.98 Å². The van der Waals surface area contributed by atoms with Gasteiger partial charge in [0.15, 0.2) is 0 Å². The van der Waals surface area contributed by atoms with E-state index in [1.807, 2.05) is 0 Å². The van der Waals surface area contributed by atoms with Gasteiger partial charge in [0.25, 0.3) is 5.03 Å². The van der Waals surface area contributed by atoms with Crippen molar-refractivity contribution < 1.29 is 17.5 Å². The first-order valence-corrected chi connectivity index (χ1v) is 5.70. The SMILES string of the molecule is C=CCOS(=O)(=O)c1nccc(N)c1[N+](=O)[O-]. The lowest BCUT2D eigenvalue weighted by Gasteiger charge is -2.04. The molecule has 9 heteroatoms. The van der Waals surface area contributed by atoms with Gasteiger partial charge in [0.2, 0.25) is 0 Å². The van der Waals surface area contributed by atoms with Gasteiger partial charge in [-0.3, -0.25) is 14.3 Å². The number of nitrogen functional groups attached to an aromatic ring is 1. The fraction of sp³-hybridized carbons (Fsp3) is 0.125. The van der Waals surface area contributed by atoms with Crippen LogP contribution in [0, 0.1) is 10.1 Å². The zero-order valence-electron chi connectivity index (χ0n) is 8.57. The van der Waals surface area contributed by atoms with Crippen LogP contribution >= 0.6 is 0 Å². The third kappa shape index (κ3) is 2.77. The first-order valence-electron chi connectivity index (χ1n) is 4.29. The largest absolute Gasteiger partial charge is 0.393 e. The van der Waals surface area contributed by atoms with E-state index in [4.69, 9.17) is 5.73 Å². The lowest BCUT2D eigenvalue weighted by Crippen LogP contribution is -2.12. The average molecular weight is 259 g/mol. The number of hydrogen-bond acceptors (Lipinski definition) is 7. The second kappa shape index (κ2) is 4.89. The Balaban J connectivity index is 3.36. The Morgan fingerprint density at radius 3 is 2.82 bits per heavy atom. The fourth-order valence-electron chi connectivity index (χ4n) is 1.01. The summed E-state index contributed by atoms with van der Waals surface area (Å²) in [5, 5.41) is 9.89. The summed E-state index contributed by atoms with van der Waals surface area (Å²) in [6.07, 6.45) is 2.24. The Morgan fingerprint density at radius 2 is 2.29 bits per heavy atom. The molecule has 2 N–H and O–H groups in total. The molecule has 0 radical (unpaired) electrons. The normalized spacial score (nSPS) is 11.1. The summed E-state index contributed by atoms with van der Waals surface area (Å²) < 4.78 is 27.6. The minimum Gasteiger partial charge on any atom is -0.393 e. The van der Waals surface area contributed by atoms with Crippen LogP contribution < -0.4 is 5.73 Å². The highest BCUT2D eigenvalue weighted by molar-refractivity contribution is 7.86. The van der Waals surface area contributed by atoms with Crippen LogP contribution in [0.2, 0.25) is 0 Å². The predicted octanol–water partition coefficient (Wildman–Crippen LogP) is 0.463. The van der Waals surface area contributed by atoms with Gasteiger partial charge in [0.1, 0.15) is 5.69 Å². The summed E-state index contributed by atoms with van der Waals surface area (Å²) in [6.45, 7) is 2.95. The van der Waals surface area contributed by atoms with E-state index in [9.17, 15) is 18.5 Å². The van der Waals surface area contributed by atoms with Gasteiger partial charge in [0.05, 0.1) is 11.5 Å². The lowest BCUT2D eigenvalue weighted by atomic mass is 10.4. The molecule has 8 nitrogen and oxygen atoms in total. The quantitative estimate of drug-likeness (QED) is 0.352. The minimum atomic E-state index is -4.32. The van der Waals surface area contributed by atoms with Gasteiger partial charge in [-0.25, -0.2) is 4.98 Å². The van der Waals surface area contributed by atoms with E-state index in [1.54, 1.807) is 0 Å². The number of rotatable bonds is 5. The number of nitro groups is 1. The number of pyridine rings is 1. The molecule has 0 saturated heterocycles.